The highest BCUT2D eigenvalue weighted by molar-refractivity contribution is 5.99. The molecular formula is C16H27NO2. The molecule has 1 fully saturated rings. The second kappa shape index (κ2) is 7.20. The average Bonchev–Trinajstić information content (AvgIpc) is 2.38. The van der Waals surface area contributed by atoms with Crippen LogP contribution in [0.2, 0.25) is 0 Å². The predicted molar refractivity (Wildman–Crippen MR) is 77.2 cm³/mol. The number of nitrogens with zero attached hydrogens (tertiary/aromatic N) is 1. The summed E-state index contributed by atoms with van der Waals surface area (Å²) in [6, 6.07) is 0.491. The second-order valence-electron chi connectivity index (χ2n) is 5.99. The van der Waals surface area contributed by atoms with Gasteiger partial charge in [0.15, 0.2) is 5.78 Å². The molecule has 0 radical (unpaired) electrons. The summed E-state index contributed by atoms with van der Waals surface area (Å²) in [6.07, 6.45) is 8.87. The Morgan fingerprint density at radius 3 is 2.89 bits per heavy atom. The van der Waals surface area contributed by atoms with E-state index in [1.807, 2.05) is 0 Å². The molecule has 3 heteroatoms. The van der Waals surface area contributed by atoms with Gasteiger partial charge in [-0.25, -0.2) is 0 Å². The van der Waals surface area contributed by atoms with Crippen LogP contribution >= 0.6 is 0 Å². The predicted octanol–water partition coefficient (Wildman–Crippen LogP) is 2.95. The van der Waals surface area contributed by atoms with Crippen LogP contribution in [-0.4, -0.2) is 42.5 Å². The van der Waals surface area contributed by atoms with E-state index in [0.717, 1.165) is 37.9 Å². The minimum atomic E-state index is -0.234. The molecule has 0 N–H and O–H groups in total. The lowest BCUT2D eigenvalue weighted by molar-refractivity contribution is -0.133. The highest BCUT2D eigenvalue weighted by atomic mass is 16.5. The standard InChI is InChI=1S/C16H27NO2/c1-13(2)17-10-11-19-15(12-17)16(18)14-8-6-4-3-5-7-9-14/h8,13,15H,3-7,9-12H2,1-2H3. The summed E-state index contributed by atoms with van der Waals surface area (Å²) in [6.45, 7) is 6.75. The Morgan fingerprint density at radius 2 is 2.11 bits per heavy atom. The molecule has 2 rings (SSSR count). The van der Waals surface area contributed by atoms with Crippen LogP contribution in [0, 0.1) is 0 Å². The van der Waals surface area contributed by atoms with Gasteiger partial charge < -0.3 is 4.74 Å². The minimum Gasteiger partial charge on any atom is -0.367 e. The quantitative estimate of drug-likeness (QED) is 0.786. The highest BCUT2D eigenvalue weighted by Crippen LogP contribution is 2.21. The van der Waals surface area contributed by atoms with Crippen molar-refractivity contribution in [3.63, 3.8) is 0 Å². The van der Waals surface area contributed by atoms with Crippen LogP contribution < -0.4 is 0 Å². The number of ketones is 1. The molecule has 0 bridgehead atoms. The fourth-order valence-corrected chi connectivity index (χ4v) is 2.92. The summed E-state index contributed by atoms with van der Waals surface area (Å²) in [5.41, 5.74) is 1.02. The normalized spacial score (nSPS) is 26.7. The zero-order valence-electron chi connectivity index (χ0n) is 12.4. The van der Waals surface area contributed by atoms with Crippen molar-refractivity contribution in [2.45, 2.75) is 64.5 Å². The first kappa shape index (κ1) is 14.7. The summed E-state index contributed by atoms with van der Waals surface area (Å²) in [4.78, 5) is 14.9. The van der Waals surface area contributed by atoms with Crippen molar-refractivity contribution >= 4 is 5.78 Å². The molecule has 1 heterocycles. The van der Waals surface area contributed by atoms with E-state index in [1.54, 1.807) is 0 Å². The number of carbonyl (C=O) groups is 1. The number of hydrogen-bond donors (Lipinski definition) is 0. The van der Waals surface area contributed by atoms with Crippen LogP contribution in [0.15, 0.2) is 11.6 Å². The fourth-order valence-electron chi connectivity index (χ4n) is 2.92. The van der Waals surface area contributed by atoms with Gasteiger partial charge in [-0.3, -0.25) is 9.69 Å². The van der Waals surface area contributed by atoms with E-state index in [9.17, 15) is 4.79 Å². The van der Waals surface area contributed by atoms with Crippen molar-refractivity contribution in [1.82, 2.24) is 4.90 Å². The fraction of sp³-hybridized carbons (Fsp3) is 0.812. The van der Waals surface area contributed by atoms with Crippen LogP contribution in [-0.2, 0) is 9.53 Å². The zero-order chi connectivity index (χ0) is 13.7. The second-order valence-corrected chi connectivity index (χ2v) is 5.99. The number of ether oxygens (including phenoxy) is 1. The van der Waals surface area contributed by atoms with E-state index in [0.29, 0.717) is 12.6 Å². The number of morpholine rings is 1. The Bertz CT molecular complexity index is 336. The first-order chi connectivity index (χ1) is 9.18. The maximum absolute atomic E-state index is 12.6. The topological polar surface area (TPSA) is 29.5 Å². The summed E-state index contributed by atoms with van der Waals surface area (Å²) in [7, 11) is 0. The molecule has 1 aliphatic heterocycles. The molecule has 0 aromatic heterocycles. The van der Waals surface area contributed by atoms with Crippen LogP contribution in [0.1, 0.15) is 52.4 Å². The summed E-state index contributed by atoms with van der Waals surface area (Å²) in [5.74, 6) is 0.243. The van der Waals surface area contributed by atoms with Gasteiger partial charge in [-0.15, -0.1) is 0 Å². The maximum atomic E-state index is 12.6. The van der Waals surface area contributed by atoms with Gasteiger partial charge in [0.05, 0.1) is 6.61 Å². The summed E-state index contributed by atoms with van der Waals surface area (Å²) >= 11 is 0. The molecule has 0 spiro atoms. The molecule has 1 saturated heterocycles. The van der Waals surface area contributed by atoms with Crippen molar-refractivity contribution < 1.29 is 9.53 Å². The Labute approximate surface area is 117 Å². The van der Waals surface area contributed by atoms with E-state index < -0.39 is 0 Å². The van der Waals surface area contributed by atoms with Gasteiger partial charge in [0.2, 0.25) is 0 Å². The Morgan fingerprint density at radius 1 is 1.32 bits per heavy atom. The Hall–Kier alpha value is -0.670. The van der Waals surface area contributed by atoms with Crippen molar-refractivity contribution in [3.05, 3.63) is 11.6 Å². The van der Waals surface area contributed by atoms with Gasteiger partial charge in [0, 0.05) is 19.1 Å². The first-order valence-electron chi connectivity index (χ1n) is 7.77. The third kappa shape index (κ3) is 4.15. The third-order valence-electron chi connectivity index (χ3n) is 4.23. The molecule has 1 atom stereocenters. The molecular weight excluding hydrogens is 238 g/mol. The SMILES string of the molecule is CC(C)N1CCOC(C(=O)C2=CCCCCCC2)C1. The van der Waals surface area contributed by atoms with Crippen LogP contribution in [0.4, 0.5) is 0 Å². The van der Waals surface area contributed by atoms with Crippen molar-refractivity contribution in [1.29, 1.82) is 0 Å². The van der Waals surface area contributed by atoms with E-state index in [-0.39, 0.29) is 11.9 Å². The van der Waals surface area contributed by atoms with Gasteiger partial charge in [-0.05, 0) is 45.1 Å². The van der Waals surface area contributed by atoms with E-state index in [2.05, 4.69) is 24.8 Å². The van der Waals surface area contributed by atoms with Crippen LogP contribution in [0.3, 0.4) is 0 Å². The molecule has 1 unspecified atom stereocenters. The van der Waals surface area contributed by atoms with Gasteiger partial charge >= 0.3 is 0 Å². The van der Waals surface area contributed by atoms with Gasteiger partial charge in [-0.2, -0.15) is 0 Å². The zero-order valence-corrected chi connectivity index (χ0v) is 12.4. The number of allylic oxidation sites excluding steroid dienone is 1. The van der Waals surface area contributed by atoms with Crippen molar-refractivity contribution in [3.8, 4) is 0 Å². The monoisotopic (exact) mass is 265 g/mol. The largest absolute Gasteiger partial charge is 0.367 e. The maximum Gasteiger partial charge on any atom is 0.188 e. The van der Waals surface area contributed by atoms with Gasteiger partial charge in [-0.1, -0.05) is 18.9 Å². The number of Topliss-reactive ketones (excluding diaryl/α,β-unsaturated/α-hetero) is 1. The van der Waals surface area contributed by atoms with Gasteiger partial charge in [0.1, 0.15) is 6.10 Å². The van der Waals surface area contributed by atoms with Crippen molar-refractivity contribution in [2.24, 2.45) is 0 Å². The Kier molecular flexibility index (Phi) is 5.59. The molecule has 0 saturated carbocycles. The minimum absolute atomic E-state index is 0.234. The van der Waals surface area contributed by atoms with E-state index in [4.69, 9.17) is 4.74 Å². The number of rotatable bonds is 3. The highest BCUT2D eigenvalue weighted by Gasteiger charge is 2.29. The van der Waals surface area contributed by atoms with Crippen molar-refractivity contribution in [2.75, 3.05) is 19.7 Å². The Balaban J connectivity index is 1.97. The van der Waals surface area contributed by atoms with Crippen LogP contribution in [0.5, 0.6) is 0 Å². The lowest BCUT2D eigenvalue weighted by atomic mass is 9.94. The molecule has 108 valence electrons. The number of hydrogen-bond acceptors (Lipinski definition) is 3. The smallest absolute Gasteiger partial charge is 0.188 e. The third-order valence-corrected chi connectivity index (χ3v) is 4.23. The molecule has 0 aromatic rings. The number of carbonyl (C=O) groups excluding carboxylic acids is 1. The summed E-state index contributed by atoms with van der Waals surface area (Å²) in [5, 5.41) is 0. The molecule has 3 nitrogen and oxygen atoms in total. The van der Waals surface area contributed by atoms with Crippen LogP contribution in [0.25, 0.3) is 0 Å². The molecule has 19 heavy (non-hydrogen) atoms. The summed E-state index contributed by atoms with van der Waals surface area (Å²) < 4.78 is 5.71. The molecule has 0 aromatic carbocycles. The molecule has 2 aliphatic rings. The van der Waals surface area contributed by atoms with E-state index in [1.165, 1.54) is 19.3 Å². The van der Waals surface area contributed by atoms with Gasteiger partial charge in [0.25, 0.3) is 0 Å². The average molecular weight is 265 g/mol. The molecule has 1 aliphatic carbocycles. The van der Waals surface area contributed by atoms with E-state index >= 15 is 0 Å². The first-order valence-corrected chi connectivity index (χ1v) is 7.77. The lowest BCUT2D eigenvalue weighted by Crippen LogP contribution is -2.49. The molecule has 0 amide bonds. The lowest BCUT2D eigenvalue weighted by Gasteiger charge is -2.35.